The van der Waals surface area contributed by atoms with E-state index in [9.17, 15) is 0 Å². The molecule has 2 aromatic carbocycles. The van der Waals surface area contributed by atoms with Gasteiger partial charge in [-0.1, -0.05) is 40.9 Å². The zero-order valence-electron chi connectivity index (χ0n) is 13.0. The highest BCUT2D eigenvalue weighted by atomic mass is 35.5. The van der Waals surface area contributed by atoms with Crippen LogP contribution in [0.5, 0.6) is 11.5 Å². The molecule has 126 valence electrons. The lowest BCUT2D eigenvalue weighted by atomic mass is 10.1. The van der Waals surface area contributed by atoms with E-state index in [1.807, 2.05) is 0 Å². The second-order valence-corrected chi connectivity index (χ2v) is 6.08. The number of rotatable bonds is 5. The highest BCUT2D eigenvalue weighted by molar-refractivity contribution is 6.39. The van der Waals surface area contributed by atoms with Crippen LogP contribution in [0, 0.1) is 22.7 Å². The van der Waals surface area contributed by atoms with E-state index in [0.29, 0.717) is 37.7 Å². The van der Waals surface area contributed by atoms with E-state index in [-0.39, 0.29) is 12.2 Å². The third-order valence-corrected chi connectivity index (χ3v) is 4.11. The second-order valence-electron chi connectivity index (χ2n) is 4.83. The van der Waals surface area contributed by atoms with Gasteiger partial charge < -0.3 is 9.47 Å². The number of ether oxygens (including phenoxy) is 2. The monoisotopic (exact) mass is 392 g/mol. The van der Waals surface area contributed by atoms with Gasteiger partial charge in [-0.05, 0) is 35.9 Å². The molecule has 0 amide bonds. The summed E-state index contributed by atoms with van der Waals surface area (Å²) in [5.74, 6) is 0.919. The number of benzene rings is 2. The minimum absolute atomic E-state index is 0.00421. The highest BCUT2D eigenvalue weighted by Crippen LogP contribution is 2.33. The summed E-state index contributed by atoms with van der Waals surface area (Å²) >= 11 is 18.2. The lowest BCUT2D eigenvalue weighted by Crippen LogP contribution is -1.99. The van der Waals surface area contributed by atoms with Crippen LogP contribution in [0.3, 0.4) is 0 Å². The van der Waals surface area contributed by atoms with Crippen molar-refractivity contribution in [2.75, 3.05) is 7.11 Å². The molecule has 25 heavy (non-hydrogen) atoms. The lowest BCUT2D eigenvalue weighted by Gasteiger charge is -2.13. The quantitative estimate of drug-likeness (QED) is 0.614. The van der Waals surface area contributed by atoms with Crippen LogP contribution in [-0.4, -0.2) is 7.11 Å². The summed E-state index contributed by atoms with van der Waals surface area (Å²) in [6.07, 6.45) is 1.46. The van der Waals surface area contributed by atoms with Gasteiger partial charge >= 0.3 is 0 Å². The van der Waals surface area contributed by atoms with Gasteiger partial charge in [0.1, 0.15) is 24.3 Å². The molecule has 0 saturated heterocycles. The SMILES string of the molecule is COc1cc(C=C(C#N)C#N)ccc1OCc1c(Cl)cc(Cl)cc1Cl. The first-order valence-electron chi connectivity index (χ1n) is 6.94. The molecule has 4 nitrogen and oxygen atoms in total. The van der Waals surface area contributed by atoms with Crippen LogP contribution in [0.4, 0.5) is 0 Å². The molecule has 2 rings (SSSR count). The summed E-state index contributed by atoms with van der Waals surface area (Å²) in [4.78, 5) is 0. The van der Waals surface area contributed by atoms with Gasteiger partial charge in [-0.15, -0.1) is 0 Å². The average molecular weight is 394 g/mol. The zero-order valence-corrected chi connectivity index (χ0v) is 15.3. The minimum atomic E-state index is -0.00421. The van der Waals surface area contributed by atoms with Crippen molar-refractivity contribution in [3.05, 3.63) is 62.1 Å². The van der Waals surface area contributed by atoms with Gasteiger partial charge in [0.25, 0.3) is 0 Å². The number of nitriles is 2. The Morgan fingerprint density at radius 2 is 1.68 bits per heavy atom. The van der Waals surface area contributed by atoms with Gasteiger partial charge in [0.2, 0.25) is 0 Å². The molecule has 0 aliphatic carbocycles. The fraction of sp³-hybridized carbons (Fsp3) is 0.111. The van der Waals surface area contributed by atoms with Crippen LogP contribution in [-0.2, 0) is 6.61 Å². The molecule has 0 aromatic heterocycles. The fourth-order valence-corrected chi connectivity index (χ4v) is 2.94. The van der Waals surface area contributed by atoms with Crippen molar-refractivity contribution in [2.45, 2.75) is 6.61 Å². The molecule has 0 bridgehead atoms. The Morgan fingerprint density at radius 3 is 2.24 bits per heavy atom. The summed E-state index contributed by atoms with van der Waals surface area (Å²) in [6.45, 7) is 0.127. The maximum absolute atomic E-state index is 8.82. The van der Waals surface area contributed by atoms with E-state index in [1.165, 1.54) is 13.2 Å². The molecule has 0 aliphatic heterocycles. The number of methoxy groups -OCH3 is 1. The van der Waals surface area contributed by atoms with Crippen molar-refractivity contribution in [1.29, 1.82) is 10.5 Å². The third kappa shape index (κ3) is 4.81. The molecule has 0 heterocycles. The second kappa shape index (κ2) is 8.65. The molecule has 0 radical (unpaired) electrons. The highest BCUT2D eigenvalue weighted by Gasteiger charge is 2.11. The first kappa shape index (κ1) is 19.0. The molecular formula is C18H11Cl3N2O2. The normalized spacial score (nSPS) is 9.68. The topological polar surface area (TPSA) is 66.0 Å². The number of hydrogen-bond donors (Lipinski definition) is 0. The maximum Gasteiger partial charge on any atom is 0.161 e. The molecule has 0 unspecified atom stereocenters. The van der Waals surface area contributed by atoms with Crippen molar-refractivity contribution < 1.29 is 9.47 Å². The van der Waals surface area contributed by atoms with Gasteiger partial charge in [0, 0.05) is 10.6 Å². The molecule has 7 heteroatoms. The Hall–Kier alpha value is -2.37. The van der Waals surface area contributed by atoms with Gasteiger partial charge in [0.05, 0.1) is 17.2 Å². The van der Waals surface area contributed by atoms with E-state index in [1.54, 1.807) is 42.5 Å². The number of nitrogens with zero attached hydrogens (tertiary/aromatic N) is 2. The molecule has 0 fully saturated rings. The third-order valence-electron chi connectivity index (χ3n) is 3.22. The molecule has 0 spiro atoms. The predicted molar refractivity (Wildman–Crippen MR) is 98.0 cm³/mol. The Balaban J connectivity index is 2.25. The summed E-state index contributed by atoms with van der Waals surface area (Å²) in [6, 6.07) is 11.8. The Labute approximate surface area is 160 Å². The van der Waals surface area contributed by atoms with Gasteiger partial charge in [-0.2, -0.15) is 10.5 Å². The standard InChI is InChI=1S/C18H11Cl3N2O2/c1-24-18-5-11(4-12(8-22)9-23)2-3-17(18)25-10-14-15(20)6-13(19)7-16(14)21/h2-7H,10H2,1H3. The molecule has 0 aliphatic rings. The van der Waals surface area contributed by atoms with Crippen LogP contribution in [0.2, 0.25) is 15.1 Å². The Kier molecular flexibility index (Phi) is 6.56. The zero-order chi connectivity index (χ0) is 18.4. The fourth-order valence-electron chi connectivity index (χ4n) is 2.01. The van der Waals surface area contributed by atoms with Gasteiger partial charge in [0.15, 0.2) is 11.5 Å². The van der Waals surface area contributed by atoms with E-state index in [0.717, 1.165) is 0 Å². The molecular weight excluding hydrogens is 383 g/mol. The van der Waals surface area contributed by atoms with E-state index in [4.69, 9.17) is 54.8 Å². The van der Waals surface area contributed by atoms with Crippen molar-refractivity contribution in [3.8, 4) is 23.6 Å². The first-order valence-corrected chi connectivity index (χ1v) is 8.08. The van der Waals surface area contributed by atoms with Crippen LogP contribution in [0.25, 0.3) is 6.08 Å². The van der Waals surface area contributed by atoms with Gasteiger partial charge in [-0.25, -0.2) is 0 Å². The largest absolute Gasteiger partial charge is 0.493 e. The van der Waals surface area contributed by atoms with Gasteiger partial charge in [-0.3, -0.25) is 0 Å². The van der Waals surface area contributed by atoms with Crippen LogP contribution in [0.15, 0.2) is 35.9 Å². The van der Waals surface area contributed by atoms with Crippen molar-refractivity contribution in [1.82, 2.24) is 0 Å². The van der Waals surface area contributed by atoms with Crippen LogP contribution >= 0.6 is 34.8 Å². The lowest BCUT2D eigenvalue weighted by molar-refractivity contribution is 0.284. The summed E-state index contributed by atoms with van der Waals surface area (Å²) in [5.41, 5.74) is 1.25. The minimum Gasteiger partial charge on any atom is -0.493 e. The van der Waals surface area contributed by atoms with E-state index < -0.39 is 0 Å². The van der Waals surface area contributed by atoms with E-state index >= 15 is 0 Å². The number of hydrogen-bond acceptors (Lipinski definition) is 4. The Bertz CT molecular complexity index is 873. The van der Waals surface area contributed by atoms with Crippen molar-refractivity contribution in [2.24, 2.45) is 0 Å². The average Bonchev–Trinajstić information content (AvgIpc) is 2.59. The summed E-state index contributed by atoms with van der Waals surface area (Å²) in [7, 11) is 1.49. The van der Waals surface area contributed by atoms with Crippen molar-refractivity contribution >= 4 is 40.9 Å². The maximum atomic E-state index is 8.82. The molecule has 2 aromatic rings. The van der Waals surface area contributed by atoms with Crippen LogP contribution < -0.4 is 9.47 Å². The predicted octanol–water partition coefficient (Wildman–Crippen LogP) is 5.66. The first-order chi connectivity index (χ1) is 12.0. The van der Waals surface area contributed by atoms with E-state index in [2.05, 4.69) is 0 Å². The molecule has 0 saturated carbocycles. The van der Waals surface area contributed by atoms with Crippen LogP contribution in [0.1, 0.15) is 11.1 Å². The smallest absolute Gasteiger partial charge is 0.161 e. The molecule has 0 atom stereocenters. The molecule has 0 N–H and O–H groups in total. The van der Waals surface area contributed by atoms with Crippen molar-refractivity contribution in [3.63, 3.8) is 0 Å². The number of allylic oxidation sites excluding steroid dienone is 1. The summed E-state index contributed by atoms with van der Waals surface area (Å²) < 4.78 is 11.0. The Morgan fingerprint density at radius 1 is 1.04 bits per heavy atom. The summed E-state index contributed by atoms with van der Waals surface area (Å²) in [5, 5.41) is 18.9. The number of halogens is 3.